The highest BCUT2D eigenvalue weighted by molar-refractivity contribution is 6.04. The fourth-order valence-corrected chi connectivity index (χ4v) is 3.07. The van der Waals surface area contributed by atoms with E-state index in [1.165, 1.54) is 18.1 Å². The first kappa shape index (κ1) is 17.6. The monoisotopic (exact) mass is 374 g/mol. The zero-order valence-corrected chi connectivity index (χ0v) is 15.4. The van der Waals surface area contributed by atoms with Gasteiger partial charge in [0.05, 0.1) is 17.1 Å². The van der Waals surface area contributed by atoms with E-state index >= 15 is 0 Å². The second kappa shape index (κ2) is 7.07. The van der Waals surface area contributed by atoms with E-state index < -0.39 is 0 Å². The summed E-state index contributed by atoms with van der Waals surface area (Å²) in [5, 5.41) is 12.2. The maximum Gasteiger partial charge on any atom is 0.274 e. The minimum atomic E-state index is -0.334. The van der Waals surface area contributed by atoms with Crippen LogP contribution in [-0.4, -0.2) is 30.5 Å². The Morgan fingerprint density at radius 2 is 1.79 bits per heavy atom. The summed E-state index contributed by atoms with van der Waals surface area (Å²) >= 11 is 0. The second-order valence-corrected chi connectivity index (χ2v) is 6.45. The first-order valence-corrected chi connectivity index (χ1v) is 8.76. The van der Waals surface area contributed by atoms with E-state index in [-0.39, 0.29) is 23.2 Å². The SMILES string of the molecule is C[C@@H](NC(=O)c1nn(C)c(=O)c2ccccc12)c1ccc(-n2cncn2)cc1. The highest BCUT2D eigenvalue weighted by atomic mass is 16.2. The molecule has 0 saturated carbocycles. The summed E-state index contributed by atoms with van der Waals surface area (Å²) in [5.41, 5.74) is 1.81. The molecule has 4 rings (SSSR count). The first-order valence-electron chi connectivity index (χ1n) is 8.76. The normalized spacial score (nSPS) is 12.1. The maximum atomic E-state index is 12.8. The van der Waals surface area contributed by atoms with Crippen LogP contribution in [0.15, 0.2) is 66.0 Å². The third-order valence-corrected chi connectivity index (χ3v) is 4.60. The van der Waals surface area contributed by atoms with Gasteiger partial charge >= 0.3 is 0 Å². The van der Waals surface area contributed by atoms with E-state index in [1.54, 1.807) is 35.3 Å². The molecule has 0 aliphatic carbocycles. The molecule has 140 valence electrons. The van der Waals surface area contributed by atoms with Crippen molar-refractivity contribution in [2.45, 2.75) is 13.0 Å². The lowest BCUT2D eigenvalue weighted by Crippen LogP contribution is -2.31. The van der Waals surface area contributed by atoms with Crippen LogP contribution in [0.1, 0.15) is 29.0 Å². The largest absolute Gasteiger partial charge is 0.344 e. The van der Waals surface area contributed by atoms with Crippen molar-refractivity contribution in [2.24, 2.45) is 7.05 Å². The van der Waals surface area contributed by atoms with Crippen molar-refractivity contribution >= 4 is 16.7 Å². The minimum absolute atomic E-state index is 0.226. The molecule has 0 aliphatic rings. The van der Waals surface area contributed by atoms with Gasteiger partial charge in [-0.1, -0.05) is 30.3 Å². The number of carbonyl (C=O) groups excluding carboxylic acids is 1. The van der Waals surface area contributed by atoms with Crippen molar-refractivity contribution in [3.8, 4) is 5.69 Å². The van der Waals surface area contributed by atoms with Gasteiger partial charge in [-0.05, 0) is 30.7 Å². The van der Waals surface area contributed by atoms with Gasteiger partial charge in [-0.3, -0.25) is 9.59 Å². The molecular formula is C20H18N6O2. The smallest absolute Gasteiger partial charge is 0.274 e. The van der Waals surface area contributed by atoms with Crippen molar-refractivity contribution in [3.63, 3.8) is 0 Å². The Kier molecular flexibility index (Phi) is 4.44. The topological polar surface area (TPSA) is 94.7 Å². The van der Waals surface area contributed by atoms with Gasteiger partial charge < -0.3 is 5.32 Å². The lowest BCUT2D eigenvalue weighted by Gasteiger charge is -2.15. The molecule has 0 aliphatic heterocycles. The van der Waals surface area contributed by atoms with Gasteiger partial charge in [0.25, 0.3) is 11.5 Å². The Balaban J connectivity index is 1.59. The van der Waals surface area contributed by atoms with Crippen molar-refractivity contribution in [1.29, 1.82) is 0 Å². The minimum Gasteiger partial charge on any atom is -0.344 e. The number of nitrogens with zero attached hydrogens (tertiary/aromatic N) is 5. The van der Waals surface area contributed by atoms with Crippen molar-refractivity contribution in [1.82, 2.24) is 29.9 Å². The number of nitrogens with one attached hydrogen (secondary N) is 1. The molecule has 2 aromatic carbocycles. The van der Waals surface area contributed by atoms with Crippen LogP contribution in [0.3, 0.4) is 0 Å². The second-order valence-electron chi connectivity index (χ2n) is 6.45. The molecule has 8 nitrogen and oxygen atoms in total. The third kappa shape index (κ3) is 3.16. The molecule has 2 aromatic heterocycles. The van der Waals surface area contributed by atoms with Crippen molar-refractivity contribution in [2.75, 3.05) is 0 Å². The molecule has 4 aromatic rings. The quantitative estimate of drug-likeness (QED) is 0.590. The molecule has 0 bridgehead atoms. The molecule has 28 heavy (non-hydrogen) atoms. The van der Waals surface area contributed by atoms with E-state index in [9.17, 15) is 9.59 Å². The molecule has 2 heterocycles. The number of amides is 1. The van der Waals surface area contributed by atoms with Crippen LogP contribution in [0.5, 0.6) is 0 Å². The van der Waals surface area contributed by atoms with Gasteiger partial charge in [0.15, 0.2) is 5.69 Å². The maximum absolute atomic E-state index is 12.8. The van der Waals surface area contributed by atoms with Crippen LogP contribution in [0.4, 0.5) is 0 Å². The summed E-state index contributed by atoms with van der Waals surface area (Å²) in [5.74, 6) is -0.334. The molecule has 8 heteroatoms. The van der Waals surface area contributed by atoms with Crippen LogP contribution in [0, 0.1) is 0 Å². The third-order valence-electron chi connectivity index (χ3n) is 4.60. The molecule has 0 radical (unpaired) electrons. The number of hydrogen-bond acceptors (Lipinski definition) is 5. The number of rotatable bonds is 4. The fraction of sp³-hybridized carbons (Fsp3) is 0.150. The first-order chi connectivity index (χ1) is 13.5. The average molecular weight is 374 g/mol. The van der Waals surface area contributed by atoms with E-state index in [0.717, 1.165) is 11.3 Å². The van der Waals surface area contributed by atoms with Crippen LogP contribution in [0.25, 0.3) is 16.5 Å². The van der Waals surface area contributed by atoms with Gasteiger partial charge in [-0.2, -0.15) is 10.2 Å². The highest BCUT2D eigenvalue weighted by Crippen LogP contribution is 2.18. The molecule has 1 atom stereocenters. The summed E-state index contributed by atoms with van der Waals surface area (Å²) in [4.78, 5) is 29.0. The summed E-state index contributed by atoms with van der Waals surface area (Å²) in [7, 11) is 1.54. The van der Waals surface area contributed by atoms with Crippen LogP contribution >= 0.6 is 0 Å². The molecule has 0 saturated heterocycles. The molecule has 0 spiro atoms. The number of aromatic nitrogens is 5. The van der Waals surface area contributed by atoms with E-state index in [1.807, 2.05) is 31.2 Å². The van der Waals surface area contributed by atoms with Gasteiger partial charge in [0.2, 0.25) is 0 Å². The Labute approximate surface area is 160 Å². The summed E-state index contributed by atoms with van der Waals surface area (Å²) in [6.45, 7) is 1.90. The molecular weight excluding hydrogens is 356 g/mol. The number of hydrogen-bond donors (Lipinski definition) is 1. The predicted octanol–water partition coefficient (Wildman–Crippen LogP) is 2.01. The molecule has 0 unspecified atom stereocenters. The number of aryl methyl sites for hydroxylation is 1. The zero-order valence-electron chi connectivity index (χ0n) is 15.4. The molecule has 1 amide bonds. The van der Waals surface area contributed by atoms with Crippen molar-refractivity contribution in [3.05, 3.63) is 82.8 Å². The fourth-order valence-electron chi connectivity index (χ4n) is 3.07. The number of fused-ring (bicyclic) bond motifs is 1. The Morgan fingerprint density at radius 3 is 2.46 bits per heavy atom. The van der Waals surface area contributed by atoms with E-state index in [0.29, 0.717) is 10.8 Å². The number of carbonyl (C=O) groups is 1. The van der Waals surface area contributed by atoms with Gasteiger partial charge in [-0.15, -0.1) is 0 Å². The van der Waals surface area contributed by atoms with Crippen LogP contribution in [0.2, 0.25) is 0 Å². The lowest BCUT2D eigenvalue weighted by atomic mass is 10.1. The van der Waals surface area contributed by atoms with Gasteiger partial charge in [0.1, 0.15) is 12.7 Å². The predicted molar refractivity (Wildman–Crippen MR) is 104 cm³/mol. The van der Waals surface area contributed by atoms with E-state index in [2.05, 4.69) is 20.5 Å². The van der Waals surface area contributed by atoms with Crippen molar-refractivity contribution < 1.29 is 4.79 Å². The standard InChI is InChI=1S/C20H18N6O2/c1-13(14-7-9-15(10-8-14)26-12-21-11-22-26)23-19(27)18-16-5-3-4-6-17(16)20(28)25(2)24-18/h3-13H,1-2H3,(H,23,27)/t13-/m1/s1. The zero-order chi connectivity index (χ0) is 19.7. The molecule has 1 N–H and O–H groups in total. The highest BCUT2D eigenvalue weighted by Gasteiger charge is 2.18. The average Bonchev–Trinajstić information content (AvgIpc) is 3.25. The van der Waals surface area contributed by atoms with E-state index in [4.69, 9.17) is 0 Å². The summed E-state index contributed by atoms with van der Waals surface area (Å²) in [6, 6.07) is 14.4. The molecule has 0 fully saturated rings. The Bertz CT molecular complexity index is 1200. The van der Waals surface area contributed by atoms with Gasteiger partial charge in [0, 0.05) is 12.4 Å². The number of benzene rings is 2. The summed E-state index contributed by atoms with van der Waals surface area (Å²) < 4.78 is 2.85. The van der Waals surface area contributed by atoms with Gasteiger partial charge in [-0.25, -0.2) is 14.3 Å². The Morgan fingerprint density at radius 1 is 1.07 bits per heavy atom. The Hall–Kier alpha value is -3.81. The van der Waals surface area contributed by atoms with Crippen LogP contribution in [-0.2, 0) is 7.05 Å². The summed E-state index contributed by atoms with van der Waals surface area (Å²) in [6.07, 6.45) is 3.10. The lowest BCUT2D eigenvalue weighted by molar-refractivity contribution is 0.0934. The van der Waals surface area contributed by atoms with Crippen LogP contribution < -0.4 is 10.9 Å².